The number of hydrogen-bond donors (Lipinski definition) is 0. The molecule has 0 N–H and O–H groups in total. The van der Waals surface area contributed by atoms with Gasteiger partial charge in [-0.3, -0.25) is 4.57 Å². The molecule has 0 fully saturated rings. The second kappa shape index (κ2) is 9.89. The zero-order valence-electron chi connectivity index (χ0n) is 26.2. The predicted octanol–water partition coefficient (Wildman–Crippen LogP) is 11.4. The van der Waals surface area contributed by atoms with Gasteiger partial charge in [-0.2, -0.15) is 0 Å². The molecule has 0 spiro atoms. The van der Waals surface area contributed by atoms with Crippen molar-refractivity contribution in [1.82, 2.24) is 19.1 Å². The van der Waals surface area contributed by atoms with Crippen molar-refractivity contribution in [3.05, 3.63) is 158 Å². The molecule has 0 atom stereocenters. The van der Waals surface area contributed by atoms with Gasteiger partial charge < -0.3 is 8.98 Å². The molecule has 0 unspecified atom stereocenters. The van der Waals surface area contributed by atoms with E-state index in [0.717, 1.165) is 77.1 Å². The predicted molar refractivity (Wildman–Crippen MR) is 201 cm³/mol. The molecule has 0 saturated heterocycles. The molecule has 4 aromatic heterocycles. The Morgan fingerprint density at radius 3 is 1.94 bits per heavy atom. The molecule has 49 heavy (non-hydrogen) atoms. The average Bonchev–Trinajstić information content (AvgIpc) is 3.81. The molecule has 4 heterocycles. The van der Waals surface area contributed by atoms with E-state index in [1.54, 1.807) is 0 Å². The summed E-state index contributed by atoms with van der Waals surface area (Å²) < 4.78 is 11.3. The van der Waals surface area contributed by atoms with Crippen LogP contribution in [-0.4, -0.2) is 19.1 Å². The molecule has 0 aliphatic carbocycles. The lowest BCUT2D eigenvalue weighted by Crippen LogP contribution is -2.04. The van der Waals surface area contributed by atoms with E-state index in [0.29, 0.717) is 5.95 Å². The molecule has 0 radical (unpaired) electrons. The normalized spacial score (nSPS) is 12.1. The zero-order chi connectivity index (χ0) is 32.1. The number of para-hydroxylation sites is 4. The maximum absolute atomic E-state index is 6.72. The van der Waals surface area contributed by atoms with Crippen LogP contribution in [-0.2, 0) is 0 Å². The van der Waals surface area contributed by atoms with Gasteiger partial charge in [0, 0.05) is 49.0 Å². The third kappa shape index (κ3) is 3.70. The zero-order valence-corrected chi connectivity index (χ0v) is 26.2. The monoisotopic (exact) mass is 626 g/mol. The summed E-state index contributed by atoms with van der Waals surface area (Å²) in [5.74, 6) is 0.604. The van der Waals surface area contributed by atoms with E-state index in [1.807, 2.05) is 24.3 Å². The summed E-state index contributed by atoms with van der Waals surface area (Å²) in [6.45, 7) is 0. The standard InChI is InChI=1S/C44H26N4O/c1-3-13-27(14-4-1)41-33-19-7-10-20-36(33)45-44(46-41)48-39-26-38-34(29-17-8-11-21-37(29)47(38)28-15-5-2-6-16-28)25-35(39)31-23-24-32-30-18-9-12-22-40(30)49-43(32)42(31)48/h1-26H. The topological polar surface area (TPSA) is 48.8 Å². The molecule has 5 nitrogen and oxygen atoms in total. The number of nitrogens with zero attached hydrogens (tertiary/aromatic N) is 4. The van der Waals surface area contributed by atoms with E-state index in [9.17, 15) is 0 Å². The maximum atomic E-state index is 6.72. The summed E-state index contributed by atoms with van der Waals surface area (Å²) in [7, 11) is 0. The first-order chi connectivity index (χ1) is 24.3. The Balaban J connectivity index is 1.35. The fourth-order valence-electron chi connectivity index (χ4n) is 7.78. The first kappa shape index (κ1) is 26.4. The second-order valence-electron chi connectivity index (χ2n) is 12.6. The highest BCUT2D eigenvalue weighted by atomic mass is 16.3. The molecule has 0 bridgehead atoms. The van der Waals surface area contributed by atoms with Gasteiger partial charge in [-0.25, -0.2) is 9.97 Å². The maximum Gasteiger partial charge on any atom is 0.235 e. The van der Waals surface area contributed by atoms with Crippen molar-refractivity contribution in [1.29, 1.82) is 0 Å². The Hall–Kier alpha value is -6.72. The number of rotatable bonds is 3. The lowest BCUT2D eigenvalue weighted by Gasteiger charge is -2.12. The lowest BCUT2D eigenvalue weighted by molar-refractivity contribution is 0.671. The summed E-state index contributed by atoms with van der Waals surface area (Å²) in [5, 5.41) is 7.80. The molecule has 0 aliphatic rings. The molecule has 0 saturated carbocycles. The molecule has 11 aromatic rings. The third-order valence-corrected chi connectivity index (χ3v) is 9.92. The van der Waals surface area contributed by atoms with Gasteiger partial charge in [0.15, 0.2) is 5.58 Å². The summed E-state index contributed by atoms with van der Waals surface area (Å²) in [4.78, 5) is 10.7. The third-order valence-electron chi connectivity index (χ3n) is 9.92. The highest BCUT2D eigenvalue weighted by Crippen LogP contribution is 2.43. The number of hydrogen-bond acceptors (Lipinski definition) is 3. The van der Waals surface area contributed by atoms with E-state index in [-0.39, 0.29) is 0 Å². The summed E-state index contributed by atoms with van der Waals surface area (Å²) in [6, 6.07) is 55.3. The number of fused-ring (bicyclic) bond motifs is 11. The highest BCUT2D eigenvalue weighted by molar-refractivity contribution is 6.24. The number of aromatic nitrogens is 4. The van der Waals surface area contributed by atoms with Gasteiger partial charge in [0.2, 0.25) is 5.95 Å². The fourth-order valence-corrected chi connectivity index (χ4v) is 7.78. The Kier molecular flexibility index (Phi) is 5.32. The molecule has 7 aromatic carbocycles. The Morgan fingerprint density at radius 2 is 1.08 bits per heavy atom. The minimum Gasteiger partial charge on any atom is -0.454 e. The molecule has 11 rings (SSSR count). The number of benzene rings is 7. The summed E-state index contributed by atoms with van der Waals surface area (Å²) >= 11 is 0. The van der Waals surface area contributed by atoms with Crippen LogP contribution >= 0.6 is 0 Å². The van der Waals surface area contributed by atoms with Gasteiger partial charge in [-0.05, 0) is 48.5 Å². The molecular weight excluding hydrogens is 601 g/mol. The van der Waals surface area contributed by atoms with Crippen LogP contribution in [0.5, 0.6) is 0 Å². The Morgan fingerprint density at radius 1 is 0.429 bits per heavy atom. The van der Waals surface area contributed by atoms with Gasteiger partial charge in [0.1, 0.15) is 11.1 Å². The van der Waals surface area contributed by atoms with Crippen LogP contribution in [0, 0.1) is 0 Å². The lowest BCUT2D eigenvalue weighted by atomic mass is 10.1. The average molecular weight is 627 g/mol. The van der Waals surface area contributed by atoms with Crippen molar-refractivity contribution in [2.24, 2.45) is 0 Å². The van der Waals surface area contributed by atoms with E-state index in [4.69, 9.17) is 14.4 Å². The Bertz CT molecular complexity index is 3100. The van der Waals surface area contributed by atoms with Crippen molar-refractivity contribution >= 4 is 76.5 Å². The van der Waals surface area contributed by atoms with Crippen molar-refractivity contribution in [3.8, 4) is 22.9 Å². The van der Waals surface area contributed by atoms with Gasteiger partial charge >= 0.3 is 0 Å². The van der Waals surface area contributed by atoms with Crippen LogP contribution in [0.3, 0.4) is 0 Å². The Labute approximate surface area is 279 Å². The quantitative estimate of drug-likeness (QED) is 0.196. The largest absolute Gasteiger partial charge is 0.454 e. The van der Waals surface area contributed by atoms with Crippen LogP contribution in [0.1, 0.15) is 0 Å². The van der Waals surface area contributed by atoms with Gasteiger partial charge in [-0.15, -0.1) is 0 Å². The summed E-state index contributed by atoms with van der Waals surface area (Å²) in [5.41, 5.74) is 9.89. The molecular formula is C44H26N4O. The van der Waals surface area contributed by atoms with E-state index >= 15 is 0 Å². The smallest absolute Gasteiger partial charge is 0.235 e. The minimum absolute atomic E-state index is 0.604. The first-order valence-electron chi connectivity index (χ1n) is 16.5. The summed E-state index contributed by atoms with van der Waals surface area (Å²) in [6.07, 6.45) is 0. The van der Waals surface area contributed by atoms with Crippen LogP contribution in [0.4, 0.5) is 0 Å². The van der Waals surface area contributed by atoms with Crippen LogP contribution in [0.2, 0.25) is 0 Å². The first-order valence-corrected chi connectivity index (χ1v) is 16.5. The van der Waals surface area contributed by atoms with E-state index < -0.39 is 0 Å². The van der Waals surface area contributed by atoms with Gasteiger partial charge in [0.05, 0.1) is 27.8 Å². The van der Waals surface area contributed by atoms with Crippen LogP contribution in [0.15, 0.2) is 162 Å². The van der Waals surface area contributed by atoms with E-state index in [1.165, 1.54) is 16.3 Å². The molecule has 0 aliphatic heterocycles. The van der Waals surface area contributed by atoms with Gasteiger partial charge in [-0.1, -0.05) is 109 Å². The van der Waals surface area contributed by atoms with E-state index in [2.05, 4.69) is 143 Å². The fraction of sp³-hybridized carbons (Fsp3) is 0. The van der Waals surface area contributed by atoms with Crippen LogP contribution < -0.4 is 0 Å². The highest BCUT2D eigenvalue weighted by Gasteiger charge is 2.24. The van der Waals surface area contributed by atoms with Crippen molar-refractivity contribution in [3.63, 3.8) is 0 Å². The molecule has 5 heteroatoms. The molecule has 228 valence electrons. The molecule has 0 amide bonds. The number of furan rings is 1. The SMILES string of the molecule is c1ccc(-c2nc(-n3c4cc5c(cc4c4ccc6c7ccccc7oc6c43)c3ccccc3n5-c3ccccc3)nc3ccccc23)cc1. The van der Waals surface area contributed by atoms with Crippen molar-refractivity contribution in [2.45, 2.75) is 0 Å². The van der Waals surface area contributed by atoms with Crippen molar-refractivity contribution < 1.29 is 4.42 Å². The van der Waals surface area contributed by atoms with Gasteiger partial charge in [0.25, 0.3) is 0 Å². The second-order valence-corrected chi connectivity index (χ2v) is 12.6. The van der Waals surface area contributed by atoms with Crippen LogP contribution in [0.25, 0.3) is 99.3 Å². The minimum atomic E-state index is 0.604. The van der Waals surface area contributed by atoms with Crippen molar-refractivity contribution in [2.75, 3.05) is 0 Å².